The van der Waals surface area contributed by atoms with Gasteiger partial charge in [0.25, 0.3) is 5.91 Å². The van der Waals surface area contributed by atoms with Crippen molar-refractivity contribution >= 4 is 17.6 Å². The van der Waals surface area contributed by atoms with Gasteiger partial charge in [-0.2, -0.15) is 5.10 Å². The topological polar surface area (TPSA) is 87.4 Å². The van der Waals surface area contributed by atoms with Gasteiger partial charge in [0.2, 0.25) is 0 Å². The summed E-state index contributed by atoms with van der Waals surface area (Å²) in [5.74, 6) is 1.12. The number of nitrogens with one attached hydrogen (secondary N) is 1. The molecule has 0 bridgehead atoms. The molecule has 0 saturated carbocycles. The van der Waals surface area contributed by atoms with Gasteiger partial charge in [0, 0.05) is 19.5 Å². The predicted molar refractivity (Wildman–Crippen MR) is 109 cm³/mol. The van der Waals surface area contributed by atoms with Crippen molar-refractivity contribution in [2.24, 2.45) is 5.10 Å². The van der Waals surface area contributed by atoms with Gasteiger partial charge in [-0.15, -0.1) is 0 Å². The van der Waals surface area contributed by atoms with Crippen LogP contribution in [0.2, 0.25) is 0 Å². The normalized spacial score (nSPS) is 16.0. The molecular weight excluding hydrogens is 372 g/mol. The van der Waals surface area contributed by atoms with E-state index in [4.69, 9.17) is 9.15 Å². The number of rotatable bonds is 6. The number of methoxy groups -OCH3 is 1. The van der Waals surface area contributed by atoms with Crippen molar-refractivity contribution in [3.05, 3.63) is 54.0 Å². The van der Waals surface area contributed by atoms with Crippen molar-refractivity contribution in [2.75, 3.05) is 20.7 Å². The van der Waals surface area contributed by atoms with Gasteiger partial charge < -0.3 is 19.4 Å². The van der Waals surface area contributed by atoms with E-state index in [1.165, 1.54) is 9.91 Å². The van der Waals surface area contributed by atoms with Crippen molar-refractivity contribution in [1.82, 2.24) is 15.2 Å². The molecule has 2 aromatic rings. The lowest BCUT2D eigenvalue weighted by Gasteiger charge is -2.24. The summed E-state index contributed by atoms with van der Waals surface area (Å²) in [5, 5.41) is 8.75. The zero-order valence-electron chi connectivity index (χ0n) is 17.1. The molecule has 0 radical (unpaired) electrons. The number of amides is 3. The molecule has 0 fully saturated rings. The van der Waals surface area contributed by atoms with Gasteiger partial charge in [-0.05, 0) is 55.8 Å². The number of ether oxygens (including phenoxy) is 1. The maximum Gasteiger partial charge on any atom is 0.317 e. The molecule has 1 aliphatic rings. The first-order valence-electron chi connectivity index (χ1n) is 9.48. The van der Waals surface area contributed by atoms with E-state index in [2.05, 4.69) is 10.4 Å². The largest absolute Gasteiger partial charge is 0.497 e. The van der Waals surface area contributed by atoms with Gasteiger partial charge in [0.1, 0.15) is 24.1 Å². The molecule has 0 saturated heterocycles. The van der Waals surface area contributed by atoms with Crippen LogP contribution < -0.4 is 10.1 Å². The minimum Gasteiger partial charge on any atom is -0.497 e. The second-order valence-electron chi connectivity index (χ2n) is 7.21. The number of carbonyl (C=O) groups excluding carboxylic acids is 2. The molecule has 3 rings (SSSR count). The highest BCUT2D eigenvalue weighted by Crippen LogP contribution is 2.33. The Bertz CT molecular complexity index is 875. The molecule has 29 heavy (non-hydrogen) atoms. The molecule has 8 nitrogen and oxygen atoms in total. The van der Waals surface area contributed by atoms with Crippen LogP contribution in [-0.4, -0.2) is 54.3 Å². The second kappa shape index (κ2) is 8.81. The molecular formula is C21H26N4O4. The van der Waals surface area contributed by atoms with Crippen LogP contribution in [0.3, 0.4) is 0 Å². The van der Waals surface area contributed by atoms with Gasteiger partial charge >= 0.3 is 6.03 Å². The van der Waals surface area contributed by atoms with E-state index in [9.17, 15) is 9.59 Å². The molecule has 0 aliphatic carbocycles. The van der Waals surface area contributed by atoms with E-state index in [1.807, 2.05) is 44.2 Å². The van der Waals surface area contributed by atoms with Crippen LogP contribution in [0.1, 0.15) is 37.6 Å². The molecule has 1 unspecified atom stereocenters. The van der Waals surface area contributed by atoms with Crippen molar-refractivity contribution in [1.29, 1.82) is 0 Å². The average Bonchev–Trinajstić information content (AvgIpc) is 3.37. The quantitative estimate of drug-likeness (QED) is 0.810. The van der Waals surface area contributed by atoms with Crippen molar-refractivity contribution in [3.8, 4) is 5.75 Å². The molecule has 2 heterocycles. The standard InChI is InChI=1S/C21H26N4O4/c1-14(2)22-21(27)24(3)13-20(26)25-18(19-6-5-11-29-19)12-17(23-25)15-7-9-16(28-4)10-8-15/h5-11,14,18H,12-13H2,1-4H3,(H,22,27). The van der Waals surface area contributed by atoms with Crippen molar-refractivity contribution < 1.29 is 18.7 Å². The van der Waals surface area contributed by atoms with Crippen LogP contribution >= 0.6 is 0 Å². The fraction of sp³-hybridized carbons (Fsp3) is 0.381. The molecule has 1 aromatic heterocycles. The van der Waals surface area contributed by atoms with E-state index < -0.39 is 0 Å². The van der Waals surface area contributed by atoms with Crippen LogP contribution in [-0.2, 0) is 4.79 Å². The third-order valence-corrected chi connectivity index (χ3v) is 4.59. The Labute approximate surface area is 170 Å². The SMILES string of the molecule is COc1ccc(C2=NN(C(=O)CN(C)C(=O)NC(C)C)C(c3ccco3)C2)cc1. The number of carbonyl (C=O) groups is 2. The maximum atomic E-state index is 13.0. The minimum atomic E-state index is -0.351. The van der Waals surface area contributed by atoms with Gasteiger partial charge in [-0.3, -0.25) is 4.79 Å². The summed E-state index contributed by atoms with van der Waals surface area (Å²) in [6.07, 6.45) is 2.10. The Morgan fingerprint density at radius 1 is 1.31 bits per heavy atom. The first-order valence-corrected chi connectivity index (χ1v) is 9.48. The van der Waals surface area contributed by atoms with E-state index in [0.717, 1.165) is 17.0 Å². The fourth-order valence-corrected chi connectivity index (χ4v) is 3.11. The number of urea groups is 1. The van der Waals surface area contributed by atoms with Crippen molar-refractivity contribution in [2.45, 2.75) is 32.4 Å². The second-order valence-corrected chi connectivity index (χ2v) is 7.21. The molecule has 1 N–H and O–H groups in total. The fourth-order valence-electron chi connectivity index (χ4n) is 3.11. The molecule has 0 spiro atoms. The number of hydrazone groups is 1. The van der Waals surface area contributed by atoms with Crippen LogP contribution in [0.25, 0.3) is 0 Å². The highest BCUT2D eigenvalue weighted by Gasteiger charge is 2.35. The lowest BCUT2D eigenvalue weighted by atomic mass is 10.0. The number of hydrogen-bond acceptors (Lipinski definition) is 5. The van der Waals surface area contributed by atoms with Gasteiger partial charge in [0.05, 0.1) is 19.1 Å². The number of likely N-dealkylation sites (N-methyl/N-ethyl adjacent to an activating group) is 1. The highest BCUT2D eigenvalue weighted by atomic mass is 16.5. The zero-order chi connectivity index (χ0) is 21.0. The molecule has 8 heteroatoms. The Hall–Kier alpha value is -3.29. The monoisotopic (exact) mass is 398 g/mol. The summed E-state index contributed by atoms with van der Waals surface area (Å²) in [6, 6.07) is 10.5. The molecule has 3 amide bonds. The Morgan fingerprint density at radius 2 is 2.03 bits per heavy atom. The number of furan rings is 1. The Kier molecular flexibility index (Phi) is 6.21. The lowest BCUT2D eigenvalue weighted by Crippen LogP contribution is -2.45. The van der Waals surface area contributed by atoms with E-state index in [-0.39, 0.29) is 30.6 Å². The maximum absolute atomic E-state index is 13.0. The van der Waals surface area contributed by atoms with Crippen LogP contribution in [0.5, 0.6) is 5.75 Å². The average molecular weight is 398 g/mol. The molecule has 154 valence electrons. The number of benzene rings is 1. The summed E-state index contributed by atoms with van der Waals surface area (Å²) >= 11 is 0. The third kappa shape index (κ3) is 4.77. The zero-order valence-corrected chi connectivity index (χ0v) is 17.1. The minimum absolute atomic E-state index is 0.0117. The summed E-state index contributed by atoms with van der Waals surface area (Å²) in [4.78, 5) is 26.5. The molecule has 1 atom stereocenters. The Balaban J connectivity index is 1.80. The number of nitrogens with zero attached hydrogens (tertiary/aromatic N) is 3. The van der Waals surface area contributed by atoms with Gasteiger partial charge in [0.15, 0.2) is 0 Å². The smallest absolute Gasteiger partial charge is 0.317 e. The van der Waals surface area contributed by atoms with E-state index in [1.54, 1.807) is 26.5 Å². The van der Waals surface area contributed by atoms with Gasteiger partial charge in [-0.25, -0.2) is 9.80 Å². The lowest BCUT2D eigenvalue weighted by molar-refractivity contribution is -0.133. The first kappa shape index (κ1) is 20.4. The van der Waals surface area contributed by atoms with E-state index in [0.29, 0.717) is 12.2 Å². The highest BCUT2D eigenvalue weighted by molar-refractivity contribution is 6.03. The van der Waals surface area contributed by atoms with Crippen LogP contribution in [0.4, 0.5) is 4.79 Å². The summed E-state index contributed by atoms with van der Waals surface area (Å²) < 4.78 is 10.7. The summed E-state index contributed by atoms with van der Waals surface area (Å²) in [6.45, 7) is 3.65. The first-order chi connectivity index (χ1) is 13.9. The third-order valence-electron chi connectivity index (χ3n) is 4.59. The molecule has 1 aromatic carbocycles. The molecule has 1 aliphatic heterocycles. The summed E-state index contributed by atoms with van der Waals surface area (Å²) in [5.41, 5.74) is 1.68. The van der Waals surface area contributed by atoms with E-state index >= 15 is 0 Å². The summed E-state index contributed by atoms with van der Waals surface area (Å²) in [7, 11) is 3.20. The Morgan fingerprint density at radius 3 is 2.62 bits per heavy atom. The number of hydrogen-bond donors (Lipinski definition) is 1. The van der Waals surface area contributed by atoms with Crippen LogP contribution in [0, 0.1) is 0 Å². The van der Waals surface area contributed by atoms with Crippen LogP contribution in [0.15, 0.2) is 52.2 Å². The van der Waals surface area contributed by atoms with Gasteiger partial charge in [-0.1, -0.05) is 0 Å². The van der Waals surface area contributed by atoms with Crippen molar-refractivity contribution in [3.63, 3.8) is 0 Å². The predicted octanol–water partition coefficient (Wildman–Crippen LogP) is 3.02.